The fourth-order valence-corrected chi connectivity index (χ4v) is 1.76. The highest BCUT2D eigenvalue weighted by atomic mass is 16.1. The lowest BCUT2D eigenvalue weighted by Gasteiger charge is -2.10. The smallest absolute Gasteiger partial charge is 0.143 e. The molecule has 0 saturated carbocycles. The molecule has 2 N–H and O–H groups in total. The molecule has 1 heterocycles. The Hall–Kier alpha value is -1.16. The predicted molar refractivity (Wildman–Crippen MR) is 64.1 cm³/mol. The standard InChI is InChI=1S/C12H21N3O/c1-4-9(8-13)12(16)7-11-6-10(5-2)14-15(11)3/h6,9H,4-5,7-8,13H2,1-3H3. The van der Waals surface area contributed by atoms with Crippen LogP contribution < -0.4 is 5.73 Å². The second kappa shape index (κ2) is 5.80. The zero-order chi connectivity index (χ0) is 12.1. The van der Waals surface area contributed by atoms with Crippen LogP contribution in [0, 0.1) is 5.92 Å². The van der Waals surface area contributed by atoms with Crippen LogP contribution >= 0.6 is 0 Å². The van der Waals surface area contributed by atoms with Gasteiger partial charge in [-0.05, 0) is 18.9 Å². The Labute approximate surface area is 96.8 Å². The van der Waals surface area contributed by atoms with Gasteiger partial charge in [0.1, 0.15) is 5.78 Å². The van der Waals surface area contributed by atoms with Crippen LogP contribution in [0.1, 0.15) is 31.7 Å². The molecule has 90 valence electrons. The first-order valence-electron chi connectivity index (χ1n) is 5.86. The van der Waals surface area contributed by atoms with E-state index in [0.717, 1.165) is 24.2 Å². The van der Waals surface area contributed by atoms with Gasteiger partial charge in [0.2, 0.25) is 0 Å². The topological polar surface area (TPSA) is 60.9 Å². The van der Waals surface area contributed by atoms with Crippen molar-refractivity contribution in [2.75, 3.05) is 6.54 Å². The lowest BCUT2D eigenvalue weighted by atomic mass is 9.98. The molecule has 0 radical (unpaired) electrons. The van der Waals surface area contributed by atoms with E-state index >= 15 is 0 Å². The van der Waals surface area contributed by atoms with Crippen LogP contribution in [0.15, 0.2) is 6.07 Å². The maximum absolute atomic E-state index is 11.9. The minimum Gasteiger partial charge on any atom is -0.330 e. The summed E-state index contributed by atoms with van der Waals surface area (Å²) < 4.78 is 1.79. The molecule has 0 amide bonds. The zero-order valence-corrected chi connectivity index (χ0v) is 10.4. The van der Waals surface area contributed by atoms with Gasteiger partial charge in [-0.3, -0.25) is 9.48 Å². The number of aromatic nitrogens is 2. The molecule has 16 heavy (non-hydrogen) atoms. The first kappa shape index (κ1) is 12.9. The first-order chi connectivity index (χ1) is 7.62. The fraction of sp³-hybridized carbons (Fsp3) is 0.667. The SMILES string of the molecule is CCc1cc(CC(=O)C(CC)CN)n(C)n1. The second-order valence-corrected chi connectivity index (χ2v) is 4.09. The lowest BCUT2D eigenvalue weighted by molar-refractivity contribution is -0.122. The quantitative estimate of drug-likeness (QED) is 0.785. The van der Waals surface area contributed by atoms with Crippen LogP contribution in [-0.2, 0) is 24.7 Å². The van der Waals surface area contributed by atoms with E-state index in [4.69, 9.17) is 5.73 Å². The lowest BCUT2D eigenvalue weighted by Crippen LogP contribution is -2.25. The Balaban J connectivity index is 2.72. The van der Waals surface area contributed by atoms with E-state index in [-0.39, 0.29) is 11.7 Å². The van der Waals surface area contributed by atoms with Crippen molar-refractivity contribution in [2.45, 2.75) is 33.1 Å². The molecule has 1 atom stereocenters. The molecule has 1 aromatic rings. The predicted octanol–water partition coefficient (Wildman–Crippen LogP) is 1.08. The van der Waals surface area contributed by atoms with Gasteiger partial charge in [-0.2, -0.15) is 5.10 Å². The van der Waals surface area contributed by atoms with E-state index in [9.17, 15) is 4.79 Å². The maximum atomic E-state index is 11.9. The summed E-state index contributed by atoms with van der Waals surface area (Å²) >= 11 is 0. The van der Waals surface area contributed by atoms with Crippen molar-refractivity contribution in [3.63, 3.8) is 0 Å². The summed E-state index contributed by atoms with van der Waals surface area (Å²) in [6.45, 7) is 4.49. The molecule has 4 heteroatoms. The molecule has 1 aromatic heterocycles. The van der Waals surface area contributed by atoms with Crippen molar-refractivity contribution >= 4 is 5.78 Å². The van der Waals surface area contributed by atoms with Gasteiger partial charge in [-0.1, -0.05) is 13.8 Å². The molecular weight excluding hydrogens is 202 g/mol. The summed E-state index contributed by atoms with van der Waals surface area (Å²) in [6, 6.07) is 2.00. The molecule has 0 bridgehead atoms. The van der Waals surface area contributed by atoms with Crippen molar-refractivity contribution in [3.05, 3.63) is 17.5 Å². The van der Waals surface area contributed by atoms with E-state index in [0.29, 0.717) is 13.0 Å². The minimum absolute atomic E-state index is 0.0139. The Morgan fingerprint density at radius 1 is 1.56 bits per heavy atom. The number of aryl methyl sites for hydroxylation is 2. The highest BCUT2D eigenvalue weighted by molar-refractivity contribution is 5.83. The van der Waals surface area contributed by atoms with Crippen LogP contribution in [0.3, 0.4) is 0 Å². The molecule has 0 fully saturated rings. The maximum Gasteiger partial charge on any atom is 0.143 e. The second-order valence-electron chi connectivity index (χ2n) is 4.09. The van der Waals surface area contributed by atoms with Gasteiger partial charge in [0.15, 0.2) is 0 Å². The third-order valence-corrected chi connectivity index (χ3v) is 2.98. The van der Waals surface area contributed by atoms with Crippen LogP contribution in [-0.4, -0.2) is 22.1 Å². The number of hydrogen-bond acceptors (Lipinski definition) is 3. The Kier molecular flexibility index (Phi) is 4.68. The molecule has 4 nitrogen and oxygen atoms in total. The third kappa shape index (κ3) is 2.92. The van der Waals surface area contributed by atoms with Crippen molar-refractivity contribution in [1.82, 2.24) is 9.78 Å². The van der Waals surface area contributed by atoms with Gasteiger partial charge >= 0.3 is 0 Å². The Bertz CT molecular complexity index is 353. The fourth-order valence-electron chi connectivity index (χ4n) is 1.76. The monoisotopic (exact) mass is 223 g/mol. The summed E-state index contributed by atoms with van der Waals surface area (Å²) in [5.41, 5.74) is 7.58. The number of hydrogen-bond donors (Lipinski definition) is 1. The Morgan fingerprint density at radius 3 is 2.69 bits per heavy atom. The highest BCUT2D eigenvalue weighted by Crippen LogP contribution is 2.10. The van der Waals surface area contributed by atoms with Gasteiger partial charge in [-0.15, -0.1) is 0 Å². The number of rotatable bonds is 6. The molecule has 0 aliphatic carbocycles. The van der Waals surface area contributed by atoms with E-state index in [2.05, 4.69) is 12.0 Å². The van der Waals surface area contributed by atoms with Crippen LogP contribution in [0.5, 0.6) is 0 Å². The zero-order valence-electron chi connectivity index (χ0n) is 10.4. The molecule has 1 unspecified atom stereocenters. The van der Waals surface area contributed by atoms with Gasteiger partial charge in [-0.25, -0.2) is 0 Å². The van der Waals surface area contributed by atoms with Crippen LogP contribution in [0.2, 0.25) is 0 Å². The molecular formula is C12H21N3O. The van der Waals surface area contributed by atoms with Gasteiger partial charge < -0.3 is 5.73 Å². The number of carbonyl (C=O) groups is 1. The largest absolute Gasteiger partial charge is 0.330 e. The van der Waals surface area contributed by atoms with E-state index < -0.39 is 0 Å². The number of ketones is 1. The number of nitrogens with two attached hydrogens (primary N) is 1. The summed E-state index contributed by atoms with van der Waals surface area (Å²) in [7, 11) is 1.88. The molecule has 0 aromatic carbocycles. The molecule has 0 aliphatic heterocycles. The van der Waals surface area contributed by atoms with Crippen molar-refractivity contribution in [1.29, 1.82) is 0 Å². The average molecular weight is 223 g/mol. The molecule has 1 rings (SSSR count). The molecule has 0 saturated heterocycles. The summed E-state index contributed by atoms with van der Waals surface area (Å²) in [5.74, 6) is 0.204. The van der Waals surface area contributed by atoms with Gasteiger partial charge in [0.25, 0.3) is 0 Å². The average Bonchev–Trinajstić information content (AvgIpc) is 2.61. The number of carbonyl (C=O) groups excluding carboxylic acids is 1. The van der Waals surface area contributed by atoms with E-state index in [1.807, 2.05) is 20.0 Å². The summed E-state index contributed by atoms with van der Waals surface area (Å²) in [5, 5.41) is 4.33. The first-order valence-corrected chi connectivity index (χ1v) is 5.86. The number of nitrogens with zero attached hydrogens (tertiary/aromatic N) is 2. The van der Waals surface area contributed by atoms with Crippen molar-refractivity contribution in [2.24, 2.45) is 18.7 Å². The Morgan fingerprint density at radius 2 is 2.25 bits per heavy atom. The summed E-state index contributed by atoms with van der Waals surface area (Å²) in [6.07, 6.45) is 2.16. The third-order valence-electron chi connectivity index (χ3n) is 2.98. The summed E-state index contributed by atoms with van der Waals surface area (Å²) in [4.78, 5) is 11.9. The van der Waals surface area contributed by atoms with Gasteiger partial charge in [0, 0.05) is 31.6 Å². The number of Topliss-reactive ketones (excluding diaryl/α,β-unsaturated/α-hetero) is 1. The minimum atomic E-state index is -0.0139. The van der Waals surface area contributed by atoms with Crippen molar-refractivity contribution in [3.8, 4) is 0 Å². The normalized spacial score (nSPS) is 12.8. The van der Waals surface area contributed by atoms with Crippen LogP contribution in [0.25, 0.3) is 0 Å². The molecule has 0 spiro atoms. The van der Waals surface area contributed by atoms with Crippen LogP contribution in [0.4, 0.5) is 0 Å². The van der Waals surface area contributed by atoms with E-state index in [1.54, 1.807) is 4.68 Å². The van der Waals surface area contributed by atoms with Crippen molar-refractivity contribution < 1.29 is 4.79 Å². The molecule has 0 aliphatic rings. The highest BCUT2D eigenvalue weighted by Gasteiger charge is 2.16. The van der Waals surface area contributed by atoms with Gasteiger partial charge in [0.05, 0.1) is 5.69 Å². The van der Waals surface area contributed by atoms with E-state index in [1.165, 1.54) is 0 Å².